The minimum atomic E-state index is 0.0292. The first-order valence-corrected chi connectivity index (χ1v) is 5.49. The van der Waals surface area contributed by atoms with Gasteiger partial charge < -0.3 is 15.3 Å². The maximum absolute atomic E-state index is 5.52. The molecule has 0 aliphatic carbocycles. The monoisotopic (exact) mass is 220 g/mol. The number of hydrogen-bond acceptors (Lipinski definition) is 4. The number of nitrogens with two attached hydrogens (primary N) is 1. The van der Waals surface area contributed by atoms with E-state index in [1.165, 1.54) is 0 Å². The smallest absolute Gasteiger partial charge is 0.145 e. The Morgan fingerprint density at radius 2 is 2.19 bits per heavy atom. The van der Waals surface area contributed by atoms with E-state index in [0.717, 1.165) is 23.4 Å². The molecule has 1 aliphatic rings. The predicted molar refractivity (Wildman–Crippen MR) is 62.7 cm³/mol. The predicted octanol–water partition coefficient (Wildman–Crippen LogP) is 1.54. The zero-order valence-corrected chi connectivity index (χ0v) is 9.35. The topological polar surface area (TPSA) is 56.8 Å². The fourth-order valence-corrected chi connectivity index (χ4v) is 1.64. The van der Waals surface area contributed by atoms with Gasteiger partial charge in [-0.2, -0.15) is 0 Å². The fraction of sp³-hybridized carbons (Fsp3) is 0.417. The first kappa shape index (κ1) is 11.0. The molecule has 86 valence electrons. The van der Waals surface area contributed by atoms with E-state index in [9.17, 15) is 0 Å². The third kappa shape index (κ3) is 2.33. The van der Waals surface area contributed by atoms with Crippen molar-refractivity contribution in [1.82, 2.24) is 0 Å². The van der Waals surface area contributed by atoms with Crippen molar-refractivity contribution in [3.63, 3.8) is 0 Å². The molecule has 1 atom stereocenters. The maximum Gasteiger partial charge on any atom is 0.145 e. The molecule has 1 aromatic rings. The Balaban J connectivity index is 2.05. The van der Waals surface area contributed by atoms with Gasteiger partial charge in [0.25, 0.3) is 0 Å². The first-order valence-electron chi connectivity index (χ1n) is 5.49. The molecule has 2 N–H and O–H groups in total. The maximum atomic E-state index is 5.52. The molecule has 0 saturated heterocycles. The summed E-state index contributed by atoms with van der Waals surface area (Å²) in [6.45, 7) is 3.15. The molecular formula is C12H16N2O2. The number of hydrogen-bond donors (Lipinski definition) is 1. The van der Waals surface area contributed by atoms with Crippen LogP contribution < -0.4 is 10.5 Å². The molecule has 0 bridgehead atoms. The molecular weight excluding hydrogens is 204 g/mol. The van der Waals surface area contributed by atoms with Crippen molar-refractivity contribution < 1.29 is 9.57 Å². The summed E-state index contributed by atoms with van der Waals surface area (Å²) in [5, 5.41) is 4.03. The van der Waals surface area contributed by atoms with Crippen molar-refractivity contribution in [3.8, 4) is 5.75 Å². The van der Waals surface area contributed by atoms with Gasteiger partial charge >= 0.3 is 0 Å². The average Bonchev–Trinajstić information content (AvgIpc) is 2.79. The van der Waals surface area contributed by atoms with Gasteiger partial charge in [0.2, 0.25) is 0 Å². The largest absolute Gasteiger partial charge is 0.494 e. The third-order valence-corrected chi connectivity index (χ3v) is 2.49. The lowest BCUT2D eigenvalue weighted by atomic mass is 10.1. The molecule has 0 aromatic heterocycles. The van der Waals surface area contributed by atoms with Crippen molar-refractivity contribution in [2.24, 2.45) is 10.9 Å². The molecule has 0 saturated carbocycles. The molecule has 1 heterocycles. The van der Waals surface area contributed by atoms with Crippen LogP contribution in [0.4, 0.5) is 0 Å². The van der Waals surface area contributed by atoms with Gasteiger partial charge in [0.15, 0.2) is 0 Å². The van der Waals surface area contributed by atoms with Crippen molar-refractivity contribution in [2.45, 2.75) is 19.4 Å². The van der Waals surface area contributed by atoms with Gasteiger partial charge in [-0.3, -0.25) is 0 Å². The average molecular weight is 220 g/mol. The lowest BCUT2D eigenvalue weighted by molar-refractivity contribution is 0.0918. The Labute approximate surface area is 95.0 Å². The third-order valence-electron chi connectivity index (χ3n) is 2.49. The fourth-order valence-electron chi connectivity index (χ4n) is 1.64. The Morgan fingerprint density at radius 1 is 1.44 bits per heavy atom. The molecule has 16 heavy (non-hydrogen) atoms. The van der Waals surface area contributed by atoms with Crippen LogP contribution in [0.15, 0.2) is 29.4 Å². The Kier molecular flexibility index (Phi) is 3.41. The van der Waals surface area contributed by atoms with Crippen LogP contribution in [0, 0.1) is 0 Å². The number of benzene rings is 1. The number of nitrogens with zero attached hydrogens (tertiary/aromatic N) is 1. The van der Waals surface area contributed by atoms with E-state index in [2.05, 4.69) is 5.16 Å². The highest BCUT2D eigenvalue weighted by Gasteiger charge is 2.20. The summed E-state index contributed by atoms with van der Waals surface area (Å²) in [5.74, 6) is 0.876. The standard InChI is InChI=1S/C12H16N2O2/c1-2-15-10-5-3-9(4-6-10)12-7-11(8-13)16-14-12/h3-6,11H,2,7-8,13H2,1H3. The second-order valence-electron chi connectivity index (χ2n) is 3.66. The van der Waals surface area contributed by atoms with E-state index in [4.69, 9.17) is 15.3 Å². The van der Waals surface area contributed by atoms with Crippen LogP contribution in [-0.2, 0) is 4.84 Å². The van der Waals surface area contributed by atoms with Crippen molar-refractivity contribution in [3.05, 3.63) is 29.8 Å². The number of rotatable bonds is 4. The summed E-state index contributed by atoms with van der Waals surface area (Å²) < 4.78 is 5.37. The van der Waals surface area contributed by atoms with Crippen LogP contribution in [0.5, 0.6) is 5.75 Å². The molecule has 1 unspecified atom stereocenters. The summed E-state index contributed by atoms with van der Waals surface area (Å²) in [6, 6.07) is 7.87. The van der Waals surface area contributed by atoms with E-state index >= 15 is 0 Å². The summed E-state index contributed by atoms with van der Waals surface area (Å²) in [5.41, 5.74) is 7.55. The first-order chi connectivity index (χ1) is 7.83. The molecule has 0 radical (unpaired) electrons. The van der Waals surface area contributed by atoms with Crippen molar-refractivity contribution in [2.75, 3.05) is 13.2 Å². The van der Waals surface area contributed by atoms with Crippen LogP contribution in [-0.4, -0.2) is 25.0 Å². The summed E-state index contributed by atoms with van der Waals surface area (Å²) >= 11 is 0. The van der Waals surface area contributed by atoms with Crippen molar-refractivity contribution in [1.29, 1.82) is 0 Å². The van der Waals surface area contributed by atoms with Gasteiger partial charge in [-0.05, 0) is 36.8 Å². The van der Waals surface area contributed by atoms with E-state index in [1.807, 2.05) is 31.2 Å². The Hall–Kier alpha value is -1.55. The SMILES string of the molecule is CCOc1ccc(C2=NOC(CN)C2)cc1. The van der Waals surface area contributed by atoms with Crippen LogP contribution in [0.1, 0.15) is 18.9 Å². The summed E-state index contributed by atoms with van der Waals surface area (Å²) in [7, 11) is 0. The Morgan fingerprint density at radius 3 is 2.75 bits per heavy atom. The molecule has 1 aromatic carbocycles. The number of oxime groups is 1. The minimum Gasteiger partial charge on any atom is -0.494 e. The molecule has 1 aliphatic heterocycles. The van der Waals surface area contributed by atoms with Crippen LogP contribution in [0.3, 0.4) is 0 Å². The van der Waals surface area contributed by atoms with Crippen LogP contribution >= 0.6 is 0 Å². The quantitative estimate of drug-likeness (QED) is 0.837. The zero-order chi connectivity index (χ0) is 11.4. The second kappa shape index (κ2) is 4.99. The van der Waals surface area contributed by atoms with E-state index in [-0.39, 0.29) is 6.10 Å². The van der Waals surface area contributed by atoms with E-state index in [0.29, 0.717) is 13.2 Å². The molecule has 0 spiro atoms. The Bertz CT molecular complexity index is 373. The van der Waals surface area contributed by atoms with Crippen LogP contribution in [0.2, 0.25) is 0 Å². The second-order valence-corrected chi connectivity index (χ2v) is 3.66. The highest BCUT2D eigenvalue weighted by atomic mass is 16.6. The van der Waals surface area contributed by atoms with Gasteiger partial charge in [0.1, 0.15) is 11.9 Å². The molecule has 4 heteroatoms. The summed E-state index contributed by atoms with van der Waals surface area (Å²) in [6.07, 6.45) is 0.811. The van der Waals surface area contributed by atoms with Crippen LogP contribution in [0.25, 0.3) is 0 Å². The molecule has 2 rings (SSSR count). The number of ether oxygens (including phenoxy) is 1. The lowest BCUT2D eigenvalue weighted by Gasteiger charge is -2.04. The summed E-state index contributed by atoms with van der Waals surface area (Å²) in [4.78, 5) is 5.18. The highest BCUT2D eigenvalue weighted by Crippen LogP contribution is 2.18. The van der Waals surface area contributed by atoms with Gasteiger partial charge in [0, 0.05) is 13.0 Å². The molecule has 0 amide bonds. The van der Waals surface area contributed by atoms with Crippen molar-refractivity contribution >= 4 is 5.71 Å². The minimum absolute atomic E-state index is 0.0292. The molecule has 4 nitrogen and oxygen atoms in total. The molecule has 0 fully saturated rings. The van der Waals surface area contributed by atoms with E-state index < -0.39 is 0 Å². The van der Waals surface area contributed by atoms with Gasteiger partial charge in [-0.1, -0.05) is 5.16 Å². The zero-order valence-electron chi connectivity index (χ0n) is 9.35. The lowest BCUT2D eigenvalue weighted by Crippen LogP contribution is -2.20. The van der Waals surface area contributed by atoms with Gasteiger partial charge in [0.05, 0.1) is 12.3 Å². The van der Waals surface area contributed by atoms with Gasteiger partial charge in [-0.25, -0.2) is 0 Å². The normalized spacial score (nSPS) is 19.1. The van der Waals surface area contributed by atoms with E-state index in [1.54, 1.807) is 0 Å². The highest BCUT2D eigenvalue weighted by molar-refractivity contribution is 6.01. The van der Waals surface area contributed by atoms with Gasteiger partial charge in [-0.15, -0.1) is 0 Å².